The van der Waals surface area contributed by atoms with Crippen molar-refractivity contribution in [2.75, 3.05) is 10.2 Å². The molecule has 0 aromatic heterocycles. The van der Waals surface area contributed by atoms with Crippen molar-refractivity contribution < 1.29 is 14.4 Å². The summed E-state index contributed by atoms with van der Waals surface area (Å²) in [6.07, 6.45) is 5.48. The van der Waals surface area contributed by atoms with Crippen LogP contribution in [-0.4, -0.2) is 17.7 Å². The summed E-state index contributed by atoms with van der Waals surface area (Å²) in [4.78, 5) is 40.9. The number of nitrogens with zero attached hydrogens (tertiary/aromatic N) is 1. The molecule has 2 bridgehead atoms. The van der Waals surface area contributed by atoms with Gasteiger partial charge in [-0.05, 0) is 73.8 Å². The van der Waals surface area contributed by atoms with E-state index in [0.29, 0.717) is 23.1 Å². The SMILES string of the molecule is Cc1ccc(NC(=O)c2cccc(N3C(=O)[C@@H]4[C@H]5C=C[C@@H]([C@@H]6C[C@H]56)[C@@H]4C3=O)c2)c(C)c1. The maximum atomic E-state index is 13.3. The molecule has 1 heterocycles. The first-order valence-corrected chi connectivity index (χ1v) is 11.0. The molecule has 156 valence electrons. The largest absolute Gasteiger partial charge is 0.322 e. The molecule has 7 rings (SSSR count). The van der Waals surface area contributed by atoms with Crippen LogP contribution >= 0.6 is 0 Å². The van der Waals surface area contributed by atoms with Crippen LogP contribution in [-0.2, 0) is 9.59 Å². The third-order valence-corrected chi connectivity index (χ3v) is 7.66. The molecule has 2 aromatic rings. The van der Waals surface area contributed by atoms with Crippen molar-refractivity contribution in [3.63, 3.8) is 0 Å². The van der Waals surface area contributed by atoms with Crippen molar-refractivity contribution in [3.05, 3.63) is 71.3 Å². The molecule has 2 saturated carbocycles. The molecule has 1 aliphatic heterocycles. The molecule has 5 nitrogen and oxygen atoms in total. The van der Waals surface area contributed by atoms with Crippen LogP contribution in [0.25, 0.3) is 0 Å². The minimum atomic E-state index is -0.256. The van der Waals surface area contributed by atoms with E-state index in [1.54, 1.807) is 24.3 Å². The first kappa shape index (κ1) is 18.6. The summed E-state index contributed by atoms with van der Waals surface area (Å²) >= 11 is 0. The molecule has 5 aliphatic rings. The zero-order valence-corrected chi connectivity index (χ0v) is 17.5. The Balaban J connectivity index is 1.28. The number of aryl methyl sites for hydroxylation is 2. The lowest BCUT2D eigenvalue weighted by Gasteiger charge is -2.37. The summed E-state index contributed by atoms with van der Waals surface area (Å²) in [7, 11) is 0. The second kappa shape index (κ2) is 6.39. The molecule has 4 aliphatic carbocycles. The van der Waals surface area contributed by atoms with Crippen LogP contribution in [0.2, 0.25) is 0 Å². The van der Waals surface area contributed by atoms with E-state index in [-0.39, 0.29) is 41.4 Å². The van der Waals surface area contributed by atoms with Gasteiger partial charge in [-0.25, -0.2) is 4.90 Å². The number of allylic oxidation sites excluding steroid dienone is 2. The van der Waals surface area contributed by atoms with Crippen LogP contribution in [0.3, 0.4) is 0 Å². The van der Waals surface area contributed by atoms with Gasteiger partial charge in [0.15, 0.2) is 0 Å². The van der Waals surface area contributed by atoms with Crippen LogP contribution < -0.4 is 10.2 Å². The highest BCUT2D eigenvalue weighted by atomic mass is 16.2. The van der Waals surface area contributed by atoms with E-state index in [1.165, 1.54) is 4.90 Å². The van der Waals surface area contributed by atoms with E-state index < -0.39 is 0 Å². The third kappa shape index (κ3) is 2.65. The Morgan fingerprint density at radius 3 is 2.26 bits per heavy atom. The third-order valence-electron chi connectivity index (χ3n) is 7.66. The summed E-state index contributed by atoms with van der Waals surface area (Å²) in [5.74, 6) is 0.588. The summed E-state index contributed by atoms with van der Waals surface area (Å²) in [5, 5.41) is 2.94. The minimum absolute atomic E-state index is 0.105. The minimum Gasteiger partial charge on any atom is -0.322 e. The molecule has 1 saturated heterocycles. The average Bonchev–Trinajstić information content (AvgIpc) is 3.53. The lowest BCUT2D eigenvalue weighted by Crippen LogP contribution is -2.40. The number of imide groups is 1. The van der Waals surface area contributed by atoms with Crippen molar-refractivity contribution in [1.82, 2.24) is 0 Å². The standard InChI is InChI=1S/C26H24N2O3/c1-13-6-9-21(14(2)10-13)27-24(29)15-4-3-5-16(11-15)28-25(30)22-17-7-8-18(20-12-19(17)20)23(22)26(28)31/h3-11,17-20,22-23H,12H2,1-2H3,(H,27,29)/t17-,18-,19-,20+,22-,23+/m0/s1. The molecule has 3 fully saturated rings. The van der Waals surface area contributed by atoms with Crippen molar-refractivity contribution >= 4 is 29.1 Å². The number of hydrogen-bond donors (Lipinski definition) is 1. The van der Waals surface area contributed by atoms with Gasteiger partial charge in [0.2, 0.25) is 11.8 Å². The lowest BCUT2D eigenvalue weighted by molar-refractivity contribution is -0.124. The molecule has 0 radical (unpaired) electrons. The number of rotatable bonds is 3. The van der Waals surface area contributed by atoms with Gasteiger partial charge in [-0.3, -0.25) is 14.4 Å². The van der Waals surface area contributed by atoms with Gasteiger partial charge in [0.05, 0.1) is 17.5 Å². The monoisotopic (exact) mass is 412 g/mol. The quantitative estimate of drug-likeness (QED) is 0.609. The second-order valence-corrected chi connectivity index (χ2v) is 9.49. The maximum Gasteiger partial charge on any atom is 0.255 e. The normalized spacial score (nSPS) is 32.1. The molecule has 5 heteroatoms. The Kier molecular flexibility index (Phi) is 3.83. The van der Waals surface area contributed by atoms with Crippen LogP contribution in [0.4, 0.5) is 11.4 Å². The highest BCUT2D eigenvalue weighted by Gasteiger charge is 2.67. The van der Waals surface area contributed by atoms with Gasteiger partial charge in [0.25, 0.3) is 5.91 Å². The Morgan fingerprint density at radius 2 is 1.61 bits per heavy atom. The van der Waals surface area contributed by atoms with Gasteiger partial charge in [0.1, 0.15) is 0 Å². The van der Waals surface area contributed by atoms with E-state index >= 15 is 0 Å². The smallest absolute Gasteiger partial charge is 0.255 e. The van der Waals surface area contributed by atoms with E-state index in [9.17, 15) is 14.4 Å². The van der Waals surface area contributed by atoms with Crippen LogP contribution in [0.5, 0.6) is 0 Å². The highest BCUT2D eigenvalue weighted by Crippen LogP contribution is 2.65. The Hall–Kier alpha value is -3.21. The van der Waals surface area contributed by atoms with Crippen molar-refractivity contribution in [2.45, 2.75) is 20.3 Å². The predicted molar refractivity (Wildman–Crippen MR) is 118 cm³/mol. The topological polar surface area (TPSA) is 66.5 Å². The molecule has 2 aromatic carbocycles. The fraction of sp³-hybridized carbons (Fsp3) is 0.346. The zero-order valence-electron chi connectivity index (χ0n) is 17.5. The number of nitrogens with one attached hydrogen (secondary N) is 1. The van der Waals surface area contributed by atoms with E-state index in [0.717, 1.165) is 23.2 Å². The first-order chi connectivity index (χ1) is 14.9. The van der Waals surface area contributed by atoms with Gasteiger partial charge in [-0.15, -0.1) is 0 Å². The zero-order chi connectivity index (χ0) is 21.4. The van der Waals surface area contributed by atoms with Crippen molar-refractivity contribution in [2.24, 2.45) is 35.5 Å². The molecule has 0 unspecified atom stereocenters. The van der Waals surface area contributed by atoms with Crippen molar-refractivity contribution in [1.29, 1.82) is 0 Å². The summed E-state index contributed by atoms with van der Waals surface area (Å²) in [5.41, 5.74) is 3.79. The number of hydrogen-bond acceptors (Lipinski definition) is 3. The number of carbonyl (C=O) groups excluding carboxylic acids is 3. The second-order valence-electron chi connectivity index (χ2n) is 9.49. The van der Waals surface area contributed by atoms with Crippen molar-refractivity contribution in [3.8, 4) is 0 Å². The molecule has 31 heavy (non-hydrogen) atoms. The molecule has 0 spiro atoms. The molecule has 1 N–H and O–H groups in total. The van der Waals surface area contributed by atoms with E-state index in [2.05, 4.69) is 17.5 Å². The first-order valence-electron chi connectivity index (χ1n) is 11.0. The average molecular weight is 412 g/mol. The highest BCUT2D eigenvalue weighted by molar-refractivity contribution is 6.23. The van der Waals surface area contributed by atoms with Crippen LogP contribution in [0, 0.1) is 49.4 Å². The Labute approximate surface area is 181 Å². The predicted octanol–water partition coefficient (Wildman–Crippen LogP) is 4.11. The maximum absolute atomic E-state index is 13.3. The summed E-state index contributed by atoms with van der Waals surface area (Å²) in [6.45, 7) is 3.96. The fourth-order valence-electron chi connectivity index (χ4n) is 6.15. The van der Waals surface area contributed by atoms with Gasteiger partial charge in [0, 0.05) is 11.3 Å². The summed E-state index contributed by atoms with van der Waals surface area (Å²) in [6, 6.07) is 12.7. The van der Waals surface area contributed by atoms with Gasteiger partial charge < -0.3 is 5.32 Å². The van der Waals surface area contributed by atoms with Gasteiger partial charge in [-0.2, -0.15) is 0 Å². The number of anilines is 2. The molecule has 3 amide bonds. The molecule has 6 atom stereocenters. The Bertz CT molecular complexity index is 1150. The number of benzene rings is 2. The number of amides is 3. The lowest BCUT2D eigenvalue weighted by atomic mass is 9.63. The molecular formula is C26H24N2O3. The van der Waals surface area contributed by atoms with E-state index in [1.807, 2.05) is 32.0 Å². The van der Waals surface area contributed by atoms with Gasteiger partial charge in [-0.1, -0.05) is 35.9 Å². The van der Waals surface area contributed by atoms with Crippen LogP contribution in [0.1, 0.15) is 27.9 Å². The van der Waals surface area contributed by atoms with Gasteiger partial charge >= 0.3 is 0 Å². The van der Waals surface area contributed by atoms with E-state index in [4.69, 9.17) is 0 Å². The summed E-state index contributed by atoms with van der Waals surface area (Å²) < 4.78 is 0. The number of carbonyl (C=O) groups is 3. The Morgan fingerprint density at radius 1 is 0.935 bits per heavy atom. The fourth-order valence-corrected chi connectivity index (χ4v) is 6.15. The van der Waals surface area contributed by atoms with Crippen LogP contribution in [0.15, 0.2) is 54.6 Å². The molecular weight excluding hydrogens is 388 g/mol.